The van der Waals surface area contributed by atoms with Crippen molar-refractivity contribution in [3.8, 4) is 0 Å². The van der Waals surface area contributed by atoms with Gasteiger partial charge in [-0.25, -0.2) is 0 Å². The number of rotatable bonds is 4. The quantitative estimate of drug-likeness (QED) is 0.826. The molecule has 1 aliphatic rings. The molecule has 0 bridgehead atoms. The van der Waals surface area contributed by atoms with Crippen LogP contribution in [0.4, 0.5) is 0 Å². The van der Waals surface area contributed by atoms with Crippen molar-refractivity contribution in [3.63, 3.8) is 0 Å². The maximum absolute atomic E-state index is 11.9. The van der Waals surface area contributed by atoms with Crippen molar-refractivity contribution in [2.75, 3.05) is 7.11 Å². The topological polar surface area (TPSA) is 71.2 Å². The van der Waals surface area contributed by atoms with Gasteiger partial charge in [0.2, 0.25) is 0 Å². The Balaban J connectivity index is 2.17. The molecule has 0 aliphatic carbocycles. The van der Waals surface area contributed by atoms with Gasteiger partial charge in [0.1, 0.15) is 0 Å². The Bertz CT molecular complexity index is 608. The van der Waals surface area contributed by atoms with Crippen LogP contribution < -0.4 is 5.32 Å². The molecule has 0 aromatic carbocycles. The highest BCUT2D eigenvalue weighted by Gasteiger charge is 2.24. The summed E-state index contributed by atoms with van der Waals surface area (Å²) in [4.78, 5) is 26.2. The van der Waals surface area contributed by atoms with E-state index in [4.69, 9.17) is 0 Å². The Morgan fingerprint density at radius 1 is 1.40 bits per heavy atom. The summed E-state index contributed by atoms with van der Waals surface area (Å²) in [7, 11) is 1.34. The number of methoxy groups -OCH3 is 1. The number of amides is 1. The molecule has 2 rings (SSSR count). The highest BCUT2D eigenvalue weighted by atomic mass is 16.5. The van der Waals surface area contributed by atoms with Gasteiger partial charge in [0.25, 0.3) is 5.91 Å². The van der Waals surface area contributed by atoms with E-state index >= 15 is 0 Å². The lowest BCUT2D eigenvalue weighted by atomic mass is 10.0. The maximum Gasteiger partial charge on any atom is 0.305 e. The van der Waals surface area contributed by atoms with Gasteiger partial charge < -0.3 is 15.0 Å². The third-order valence-electron chi connectivity index (χ3n) is 3.34. The molecule has 1 aromatic rings. The zero-order chi connectivity index (χ0) is 14.7. The predicted octanol–water partition coefficient (Wildman–Crippen LogP) is 2.06. The molecule has 2 heterocycles. The molecular formula is C15H18N2O3. The average Bonchev–Trinajstić information content (AvgIpc) is 2.93. The van der Waals surface area contributed by atoms with E-state index in [9.17, 15) is 9.59 Å². The molecule has 0 atom stereocenters. The number of aromatic nitrogens is 1. The number of hydrogen-bond donors (Lipinski definition) is 2. The van der Waals surface area contributed by atoms with E-state index in [1.54, 1.807) is 0 Å². The van der Waals surface area contributed by atoms with Gasteiger partial charge in [-0.2, -0.15) is 0 Å². The number of carbonyl (C=O) groups is 2. The van der Waals surface area contributed by atoms with E-state index in [0.29, 0.717) is 12.0 Å². The van der Waals surface area contributed by atoms with E-state index in [1.165, 1.54) is 7.11 Å². The van der Waals surface area contributed by atoms with Crippen molar-refractivity contribution in [2.24, 2.45) is 0 Å². The van der Waals surface area contributed by atoms with Crippen molar-refractivity contribution in [3.05, 3.63) is 40.4 Å². The van der Waals surface area contributed by atoms with Crippen LogP contribution in [0.3, 0.4) is 0 Å². The fourth-order valence-electron chi connectivity index (χ4n) is 2.16. The molecule has 0 fully saturated rings. The zero-order valence-corrected chi connectivity index (χ0v) is 11.9. The third-order valence-corrected chi connectivity index (χ3v) is 3.34. The minimum Gasteiger partial charge on any atom is -0.469 e. The van der Waals surface area contributed by atoms with Crippen molar-refractivity contribution in [1.82, 2.24) is 10.3 Å². The second-order valence-corrected chi connectivity index (χ2v) is 4.82. The first-order chi connectivity index (χ1) is 9.51. The number of aryl methyl sites for hydroxylation is 1. The molecule has 1 amide bonds. The van der Waals surface area contributed by atoms with Gasteiger partial charge in [-0.05, 0) is 43.5 Å². The molecule has 106 valence electrons. The van der Waals surface area contributed by atoms with E-state index < -0.39 is 0 Å². The van der Waals surface area contributed by atoms with E-state index in [0.717, 1.165) is 22.5 Å². The highest BCUT2D eigenvalue weighted by Crippen LogP contribution is 2.25. The molecule has 0 radical (unpaired) electrons. The monoisotopic (exact) mass is 274 g/mol. The van der Waals surface area contributed by atoms with Gasteiger partial charge in [-0.15, -0.1) is 0 Å². The minimum absolute atomic E-state index is 0.138. The van der Waals surface area contributed by atoms with Crippen molar-refractivity contribution in [1.29, 1.82) is 0 Å². The lowest BCUT2D eigenvalue weighted by Crippen LogP contribution is -2.16. The van der Waals surface area contributed by atoms with Gasteiger partial charge in [-0.3, -0.25) is 9.59 Å². The Morgan fingerprint density at radius 2 is 2.15 bits per heavy atom. The molecule has 0 unspecified atom stereocenters. The summed E-state index contributed by atoms with van der Waals surface area (Å²) < 4.78 is 4.59. The molecule has 1 aliphatic heterocycles. The molecule has 2 N–H and O–H groups in total. The summed E-state index contributed by atoms with van der Waals surface area (Å²) >= 11 is 0. The van der Waals surface area contributed by atoms with Gasteiger partial charge in [-0.1, -0.05) is 0 Å². The molecular weight excluding hydrogens is 256 g/mol. The number of esters is 1. The van der Waals surface area contributed by atoms with Crippen LogP contribution in [-0.4, -0.2) is 24.0 Å². The summed E-state index contributed by atoms with van der Waals surface area (Å²) in [6.07, 6.45) is 4.41. The fourth-order valence-corrected chi connectivity index (χ4v) is 2.16. The molecule has 0 saturated heterocycles. The third kappa shape index (κ3) is 2.99. The fraction of sp³-hybridized carbons (Fsp3) is 0.333. The van der Waals surface area contributed by atoms with Crippen molar-refractivity contribution < 1.29 is 14.3 Å². The predicted molar refractivity (Wildman–Crippen MR) is 75.6 cm³/mol. The lowest BCUT2D eigenvalue weighted by Gasteiger charge is -2.00. The van der Waals surface area contributed by atoms with E-state index in [1.807, 2.05) is 32.2 Å². The van der Waals surface area contributed by atoms with Gasteiger partial charge in [0.05, 0.1) is 7.11 Å². The number of hydrogen-bond acceptors (Lipinski definition) is 3. The van der Waals surface area contributed by atoms with Crippen LogP contribution in [0.1, 0.15) is 31.0 Å². The summed E-state index contributed by atoms with van der Waals surface area (Å²) in [5.74, 6) is -0.448. The summed E-state index contributed by atoms with van der Waals surface area (Å²) in [5.41, 5.74) is 4.37. The van der Waals surface area contributed by atoms with Gasteiger partial charge in [0, 0.05) is 29.6 Å². The minimum atomic E-state index is -0.310. The Morgan fingerprint density at radius 3 is 2.75 bits per heavy atom. The summed E-state index contributed by atoms with van der Waals surface area (Å²) in [6, 6.07) is 2.00. The van der Waals surface area contributed by atoms with Crippen molar-refractivity contribution >= 4 is 18.0 Å². The van der Waals surface area contributed by atoms with Crippen LogP contribution in [-0.2, 0) is 14.3 Å². The summed E-state index contributed by atoms with van der Waals surface area (Å²) in [6.45, 7) is 3.88. The molecule has 0 spiro atoms. The number of aromatic amines is 1. The van der Waals surface area contributed by atoms with E-state index in [-0.39, 0.29) is 18.3 Å². The number of ether oxygens (including phenoxy) is 1. The number of allylic oxidation sites excluding steroid dienone is 1. The van der Waals surface area contributed by atoms with Crippen LogP contribution >= 0.6 is 0 Å². The highest BCUT2D eigenvalue weighted by molar-refractivity contribution is 6.01. The number of H-pyrrole nitrogens is 1. The first-order valence-corrected chi connectivity index (χ1v) is 6.46. The number of carbonyl (C=O) groups excluding carboxylic acids is 2. The number of nitrogens with one attached hydrogen (secondary N) is 2. The molecule has 5 nitrogen and oxygen atoms in total. The second-order valence-electron chi connectivity index (χ2n) is 4.82. The zero-order valence-electron chi connectivity index (χ0n) is 11.9. The Hall–Kier alpha value is -2.30. The second kappa shape index (κ2) is 5.77. The van der Waals surface area contributed by atoms with Crippen LogP contribution in [0, 0.1) is 6.92 Å². The molecule has 5 heteroatoms. The van der Waals surface area contributed by atoms with Gasteiger partial charge in [0.15, 0.2) is 0 Å². The van der Waals surface area contributed by atoms with Crippen molar-refractivity contribution in [2.45, 2.75) is 26.7 Å². The normalized spacial score (nSPS) is 16.8. The first-order valence-electron chi connectivity index (χ1n) is 6.46. The standard InChI is InChI=1S/C15H18N2O3/c1-9-6-11(16-8-9)7-13-10(2)12(15(19)17-13)4-5-14(18)20-3/h6-8,16H,4-5H2,1-3H3,(H,17,19)/b13-7-. The smallest absolute Gasteiger partial charge is 0.305 e. The molecule has 20 heavy (non-hydrogen) atoms. The Kier molecular flexibility index (Phi) is 4.08. The summed E-state index contributed by atoms with van der Waals surface area (Å²) in [5, 5.41) is 2.83. The lowest BCUT2D eigenvalue weighted by molar-refractivity contribution is -0.140. The average molecular weight is 274 g/mol. The van der Waals surface area contributed by atoms with Crippen LogP contribution in [0.2, 0.25) is 0 Å². The Labute approximate surface area is 117 Å². The van der Waals surface area contributed by atoms with Gasteiger partial charge >= 0.3 is 5.97 Å². The van der Waals surface area contributed by atoms with Crippen LogP contribution in [0.25, 0.3) is 6.08 Å². The van der Waals surface area contributed by atoms with E-state index in [2.05, 4.69) is 15.0 Å². The largest absolute Gasteiger partial charge is 0.469 e. The van der Waals surface area contributed by atoms with Crippen LogP contribution in [0.5, 0.6) is 0 Å². The molecule has 1 aromatic heterocycles. The SMILES string of the molecule is COC(=O)CCC1=C(C)/C(=C/c2cc(C)c[nH]2)NC1=O. The van der Waals surface area contributed by atoms with Crippen LogP contribution in [0.15, 0.2) is 29.1 Å². The maximum atomic E-state index is 11.9. The molecule has 0 saturated carbocycles. The first kappa shape index (κ1) is 14.1.